The molecule has 0 spiro atoms. The second-order valence-electron chi connectivity index (χ2n) is 6.43. The molecule has 0 bridgehead atoms. The van der Waals surface area contributed by atoms with E-state index in [0.717, 1.165) is 10.1 Å². The third kappa shape index (κ3) is 3.82. The predicted octanol–water partition coefficient (Wildman–Crippen LogP) is 3.67. The number of amides is 1. The van der Waals surface area contributed by atoms with Crippen LogP contribution in [-0.4, -0.2) is 32.6 Å². The van der Waals surface area contributed by atoms with Crippen LogP contribution in [0.3, 0.4) is 0 Å². The van der Waals surface area contributed by atoms with Gasteiger partial charge in [-0.25, -0.2) is 18.3 Å². The zero-order valence-corrected chi connectivity index (χ0v) is 15.9. The number of methoxy groups -OCH3 is 1. The number of rotatable bonds is 6. The Balaban J connectivity index is 1.72. The number of fused-ring (bicyclic) bond motifs is 1. The Morgan fingerprint density at radius 2 is 2.00 bits per heavy atom. The number of pyridine rings is 1. The molecule has 4 rings (SSSR count). The minimum atomic E-state index is -2.79. The Labute approximate surface area is 170 Å². The summed E-state index contributed by atoms with van der Waals surface area (Å²) < 4.78 is 33.5. The number of hydrogen-bond donors (Lipinski definition) is 1. The highest BCUT2D eigenvalue weighted by Gasteiger charge is 2.21. The van der Waals surface area contributed by atoms with Gasteiger partial charge in [0.1, 0.15) is 17.0 Å². The topological polar surface area (TPSA) is 81.4 Å². The van der Waals surface area contributed by atoms with Crippen molar-refractivity contribution in [2.45, 2.75) is 13.0 Å². The van der Waals surface area contributed by atoms with Crippen LogP contribution in [0.4, 0.5) is 8.78 Å². The molecule has 3 heterocycles. The van der Waals surface area contributed by atoms with Gasteiger partial charge in [0.15, 0.2) is 5.65 Å². The minimum Gasteiger partial charge on any atom is -0.497 e. The van der Waals surface area contributed by atoms with E-state index in [1.807, 2.05) is 6.07 Å². The summed E-state index contributed by atoms with van der Waals surface area (Å²) in [5.41, 5.74) is 1.54. The standard InChI is InChI=1S/C21H17F2N5O2/c1-30-15-6-4-14(5-7-15)17-9-18(19(22)23)28-20(27-17)16(12-26-28)21(29)25-11-13-3-2-8-24-10-13/h2-10,12,19H,11H2,1H3,(H,25,29). The Morgan fingerprint density at radius 1 is 1.20 bits per heavy atom. The fourth-order valence-electron chi connectivity index (χ4n) is 2.99. The van der Waals surface area contributed by atoms with Gasteiger partial charge < -0.3 is 10.1 Å². The molecule has 0 atom stereocenters. The molecule has 9 heteroatoms. The third-order valence-corrected chi connectivity index (χ3v) is 4.53. The first-order valence-electron chi connectivity index (χ1n) is 9.05. The largest absolute Gasteiger partial charge is 0.497 e. The van der Waals surface area contributed by atoms with Crippen molar-refractivity contribution in [3.8, 4) is 17.0 Å². The first-order valence-corrected chi connectivity index (χ1v) is 9.05. The normalized spacial score (nSPS) is 11.1. The number of alkyl halides is 2. The molecule has 0 aliphatic heterocycles. The molecule has 0 unspecified atom stereocenters. The summed E-state index contributed by atoms with van der Waals surface area (Å²) in [7, 11) is 1.54. The van der Waals surface area contributed by atoms with Crippen LogP contribution in [0.25, 0.3) is 16.9 Å². The van der Waals surface area contributed by atoms with E-state index in [0.29, 0.717) is 17.0 Å². The molecule has 4 aromatic rings. The second-order valence-corrected chi connectivity index (χ2v) is 6.43. The van der Waals surface area contributed by atoms with Crippen LogP contribution in [0.2, 0.25) is 0 Å². The maximum Gasteiger partial charge on any atom is 0.280 e. The zero-order chi connectivity index (χ0) is 21.1. The van der Waals surface area contributed by atoms with Crippen LogP contribution >= 0.6 is 0 Å². The van der Waals surface area contributed by atoms with Gasteiger partial charge in [0, 0.05) is 24.5 Å². The summed E-state index contributed by atoms with van der Waals surface area (Å²) in [4.78, 5) is 21.1. The lowest BCUT2D eigenvalue weighted by molar-refractivity contribution is 0.0952. The van der Waals surface area contributed by atoms with Crippen LogP contribution in [-0.2, 0) is 6.54 Å². The van der Waals surface area contributed by atoms with Crippen LogP contribution < -0.4 is 10.1 Å². The van der Waals surface area contributed by atoms with Crippen molar-refractivity contribution in [2.75, 3.05) is 7.11 Å². The van der Waals surface area contributed by atoms with E-state index in [1.165, 1.54) is 19.4 Å². The van der Waals surface area contributed by atoms with E-state index in [2.05, 4.69) is 20.4 Å². The molecule has 0 aliphatic carbocycles. The van der Waals surface area contributed by atoms with Crippen molar-refractivity contribution in [3.63, 3.8) is 0 Å². The fourth-order valence-corrected chi connectivity index (χ4v) is 2.99. The molecule has 0 radical (unpaired) electrons. The molecule has 0 saturated heterocycles. The molecule has 0 aliphatic rings. The number of nitrogens with one attached hydrogen (secondary N) is 1. The van der Waals surface area contributed by atoms with Gasteiger partial charge in [-0.2, -0.15) is 5.10 Å². The molecule has 30 heavy (non-hydrogen) atoms. The number of hydrogen-bond acceptors (Lipinski definition) is 5. The molecular weight excluding hydrogens is 392 g/mol. The van der Waals surface area contributed by atoms with Gasteiger partial charge in [0.25, 0.3) is 12.3 Å². The second kappa shape index (κ2) is 8.24. The smallest absolute Gasteiger partial charge is 0.280 e. The quantitative estimate of drug-likeness (QED) is 0.526. The number of carbonyl (C=O) groups excluding carboxylic acids is 1. The van der Waals surface area contributed by atoms with E-state index >= 15 is 0 Å². The van der Waals surface area contributed by atoms with Gasteiger partial charge in [-0.3, -0.25) is 9.78 Å². The predicted molar refractivity (Wildman–Crippen MR) is 105 cm³/mol. The van der Waals surface area contributed by atoms with E-state index in [-0.39, 0.29) is 23.4 Å². The van der Waals surface area contributed by atoms with Gasteiger partial charge in [0.05, 0.1) is 19.0 Å². The van der Waals surface area contributed by atoms with Gasteiger partial charge in [-0.05, 0) is 42.0 Å². The number of ether oxygens (including phenoxy) is 1. The van der Waals surface area contributed by atoms with Crippen molar-refractivity contribution in [1.82, 2.24) is 24.9 Å². The molecule has 1 aromatic carbocycles. The SMILES string of the molecule is COc1ccc(-c2cc(C(F)F)n3ncc(C(=O)NCc4cccnc4)c3n2)cc1. The lowest BCUT2D eigenvalue weighted by Crippen LogP contribution is -2.23. The van der Waals surface area contributed by atoms with Crippen molar-refractivity contribution in [3.05, 3.63) is 77.9 Å². The van der Waals surface area contributed by atoms with E-state index in [9.17, 15) is 13.6 Å². The Hall–Kier alpha value is -3.88. The summed E-state index contributed by atoms with van der Waals surface area (Å²) >= 11 is 0. The number of nitrogens with zero attached hydrogens (tertiary/aromatic N) is 4. The number of carbonyl (C=O) groups is 1. The molecule has 152 valence electrons. The van der Waals surface area contributed by atoms with E-state index in [4.69, 9.17) is 4.74 Å². The lowest BCUT2D eigenvalue weighted by Gasteiger charge is -2.09. The molecule has 0 fully saturated rings. The Kier molecular flexibility index (Phi) is 5.34. The van der Waals surface area contributed by atoms with Gasteiger partial charge in [0.2, 0.25) is 0 Å². The van der Waals surface area contributed by atoms with E-state index < -0.39 is 12.3 Å². The monoisotopic (exact) mass is 409 g/mol. The number of benzene rings is 1. The first-order chi connectivity index (χ1) is 14.6. The molecule has 1 amide bonds. The minimum absolute atomic E-state index is 0.0577. The summed E-state index contributed by atoms with van der Waals surface area (Å²) in [6.07, 6.45) is 1.71. The summed E-state index contributed by atoms with van der Waals surface area (Å²) in [6.45, 7) is 0.240. The Bertz CT molecular complexity index is 1180. The molecule has 7 nitrogen and oxygen atoms in total. The summed E-state index contributed by atoms with van der Waals surface area (Å²) in [5.74, 6) is 0.169. The van der Waals surface area contributed by atoms with Crippen molar-refractivity contribution in [2.24, 2.45) is 0 Å². The first kappa shape index (κ1) is 19.4. The number of aromatic nitrogens is 4. The summed E-state index contributed by atoms with van der Waals surface area (Å²) in [5, 5.41) is 6.70. The molecule has 3 aromatic heterocycles. The van der Waals surface area contributed by atoms with Crippen molar-refractivity contribution in [1.29, 1.82) is 0 Å². The highest BCUT2D eigenvalue weighted by atomic mass is 19.3. The highest BCUT2D eigenvalue weighted by Crippen LogP contribution is 2.27. The lowest BCUT2D eigenvalue weighted by atomic mass is 10.1. The fraction of sp³-hybridized carbons (Fsp3) is 0.143. The third-order valence-electron chi connectivity index (χ3n) is 4.53. The average molecular weight is 409 g/mol. The Morgan fingerprint density at radius 3 is 2.67 bits per heavy atom. The van der Waals surface area contributed by atoms with Gasteiger partial charge in [-0.1, -0.05) is 6.07 Å². The van der Waals surface area contributed by atoms with Crippen LogP contribution in [0, 0.1) is 0 Å². The van der Waals surface area contributed by atoms with E-state index in [1.54, 1.807) is 42.7 Å². The van der Waals surface area contributed by atoms with Gasteiger partial charge >= 0.3 is 0 Å². The highest BCUT2D eigenvalue weighted by molar-refractivity contribution is 5.99. The maximum absolute atomic E-state index is 13.7. The van der Waals surface area contributed by atoms with Crippen molar-refractivity contribution < 1.29 is 18.3 Å². The molecule has 0 saturated carbocycles. The van der Waals surface area contributed by atoms with Crippen LogP contribution in [0.1, 0.15) is 28.0 Å². The van der Waals surface area contributed by atoms with Gasteiger partial charge in [-0.15, -0.1) is 0 Å². The van der Waals surface area contributed by atoms with Crippen LogP contribution in [0.15, 0.2) is 61.1 Å². The maximum atomic E-state index is 13.7. The summed E-state index contributed by atoms with van der Waals surface area (Å²) in [6, 6.07) is 11.7. The average Bonchev–Trinajstić information content (AvgIpc) is 3.21. The molecule has 1 N–H and O–H groups in total. The van der Waals surface area contributed by atoms with Crippen LogP contribution in [0.5, 0.6) is 5.75 Å². The zero-order valence-electron chi connectivity index (χ0n) is 15.9. The number of halogens is 2. The molecular formula is C21H17F2N5O2. The van der Waals surface area contributed by atoms with Crippen molar-refractivity contribution >= 4 is 11.6 Å².